The van der Waals surface area contributed by atoms with Crippen molar-refractivity contribution in [1.29, 1.82) is 0 Å². The first kappa shape index (κ1) is 11.2. The molecule has 0 aliphatic carbocycles. The minimum absolute atomic E-state index is 0.263. The Morgan fingerprint density at radius 2 is 2.31 bits per heavy atom. The standard InChI is InChI=1S/C11H18N2O3/c1-11(2,3)16-10(14)13-5-4-8-7-15-12-9(8)6-13/h8H,4-7H2,1-3H3/t8-/m0/s1. The summed E-state index contributed by atoms with van der Waals surface area (Å²) in [6.45, 7) is 7.54. The van der Waals surface area contributed by atoms with E-state index in [0.29, 0.717) is 19.1 Å². The van der Waals surface area contributed by atoms with Gasteiger partial charge in [-0.2, -0.15) is 0 Å². The Bertz CT molecular complexity index is 320. The summed E-state index contributed by atoms with van der Waals surface area (Å²) in [5.41, 5.74) is 0.527. The maximum absolute atomic E-state index is 11.8. The molecule has 0 bridgehead atoms. The zero-order valence-electron chi connectivity index (χ0n) is 10.0. The number of amides is 1. The van der Waals surface area contributed by atoms with E-state index < -0.39 is 5.60 Å². The Hall–Kier alpha value is -1.26. The highest BCUT2D eigenvalue weighted by Crippen LogP contribution is 2.22. The lowest BCUT2D eigenvalue weighted by atomic mass is 9.97. The number of ether oxygens (including phenoxy) is 1. The van der Waals surface area contributed by atoms with E-state index >= 15 is 0 Å². The normalized spacial score (nSPS) is 24.6. The second kappa shape index (κ2) is 3.96. The molecule has 0 aromatic rings. The molecule has 1 fully saturated rings. The van der Waals surface area contributed by atoms with E-state index in [1.54, 1.807) is 4.90 Å². The second-order valence-corrected chi connectivity index (χ2v) is 5.27. The van der Waals surface area contributed by atoms with Crippen LogP contribution in [0.1, 0.15) is 27.2 Å². The molecule has 2 aliphatic rings. The molecule has 1 saturated heterocycles. The SMILES string of the molecule is CC(C)(C)OC(=O)N1CC[C@H]2CON=C2C1. The summed E-state index contributed by atoms with van der Waals surface area (Å²) in [6.07, 6.45) is 0.651. The summed E-state index contributed by atoms with van der Waals surface area (Å²) in [5.74, 6) is 0.402. The van der Waals surface area contributed by atoms with Crippen LogP contribution < -0.4 is 0 Å². The molecular formula is C11H18N2O3. The molecule has 5 nitrogen and oxygen atoms in total. The molecule has 0 aromatic carbocycles. The van der Waals surface area contributed by atoms with Crippen LogP contribution >= 0.6 is 0 Å². The van der Waals surface area contributed by atoms with Gasteiger partial charge in [0.25, 0.3) is 0 Å². The molecule has 0 unspecified atom stereocenters. The van der Waals surface area contributed by atoms with Gasteiger partial charge in [0.1, 0.15) is 12.2 Å². The maximum atomic E-state index is 11.8. The molecule has 1 atom stereocenters. The minimum Gasteiger partial charge on any atom is -0.444 e. The van der Waals surface area contributed by atoms with Crippen LogP contribution in [-0.2, 0) is 9.57 Å². The van der Waals surface area contributed by atoms with Gasteiger partial charge in [0.15, 0.2) is 0 Å². The number of piperidine rings is 1. The lowest BCUT2D eigenvalue weighted by Crippen LogP contribution is -2.45. The summed E-state index contributed by atoms with van der Waals surface area (Å²) in [7, 11) is 0. The van der Waals surface area contributed by atoms with Crippen LogP contribution in [0.25, 0.3) is 0 Å². The number of hydrogen-bond donors (Lipinski definition) is 0. The first-order valence-corrected chi connectivity index (χ1v) is 5.62. The van der Waals surface area contributed by atoms with Crippen molar-refractivity contribution in [2.24, 2.45) is 11.1 Å². The van der Waals surface area contributed by atoms with Gasteiger partial charge in [0.2, 0.25) is 0 Å². The van der Waals surface area contributed by atoms with Crippen LogP contribution in [0.5, 0.6) is 0 Å². The third-order valence-electron chi connectivity index (χ3n) is 2.68. The van der Waals surface area contributed by atoms with E-state index in [0.717, 1.165) is 18.7 Å². The smallest absolute Gasteiger partial charge is 0.410 e. The van der Waals surface area contributed by atoms with E-state index in [1.165, 1.54) is 0 Å². The fraction of sp³-hybridized carbons (Fsp3) is 0.818. The van der Waals surface area contributed by atoms with Crippen LogP contribution in [0, 0.1) is 5.92 Å². The van der Waals surface area contributed by atoms with Crippen molar-refractivity contribution in [3.8, 4) is 0 Å². The Kier molecular flexibility index (Phi) is 2.78. The van der Waals surface area contributed by atoms with Crippen LogP contribution in [-0.4, -0.2) is 42.0 Å². The summed E-state index contributed by atoms with van der Waals surface area (Å²) in [6, 6.07) is 0. The van der Waals surface area contributed by atoms with Crippen LogP contribution in [0.2, 0.25) is 0 Å². The van der Waals surface area contributed by atoms with E-state index in [-0.39, 0.29) is 6.09 Å². The lowest BCUT2D eigenvalue weighted by molar-refractivity contribution is 0.0255. The Labute approximate surface area is 95.4 Å². The molecule has 0 aromatic heterocycles. The average molecular weight is 226 g/mol. The monoisotopic (exact) mass is 226 g/mol. The van der Waals surface area contributed by atoms with E-state index in [4.69, 9.17) is 9.57 Å². The van der Waals surface area contributed by atoms with Crippen molar-refractivity contribution in [3.05, 3.63) is 0 Å². The van der Waals surface area contributed by atoms with Crippen molar-refractivity contribution >= 4 is 11.8 Å². The number of oxime groups is 1. The molecule has 90 valence electrons. The number of carbonyl (C=O) groups excluding carboxylic acids is 1. The molecule has 0 saturated carbocycles. The van der Waals surface area contributed by atoms with Crippen molar-refractivity contribution in [3.63, 3.8) is 0 Å². The van der Waals surface area contributed by atoms with E-state index in [2.05, 4.69) is 5.16 Å². The maximum Gasteiger partial charge on any atom is 0.410 e. The quantitative estimate of drug-likeness (QED) is 0.630. The summed E-state index contributed by atoms with van der Waals surface area (Å²) in [5, 5.41) is 3.95. The van der Waals surface area contributed by atoms with Crippen molar-refractivity contribution in [2.75, 3.05) is 19.7 Å². The molecule has 5 heteroatoms. The number of hydrogen-bond acceptors (Lipinski definition) is 4. The van der Waals surface area contributed by atoms with Crippen LogP contribution in [0.3, 0.4) is 0 Å². The van der Waals surface area contributed by atoms with Gasteiger partial charge in [-0.1, -0.05) is 5.16 Å². The Morgan fingerprint density at radius 3 is 3.00 bits per heavy atom. The van der Waals surface area contributed by atoms with Gasteiger partial charge in [-0.15, -0.1) is 0 Å². The molecule has 16 heavy (non-hydrogen) atoms. The highest BCUT2D eigenvalue weighted by atomic mass is 16.6. The van der Waals surface area contributed by atoms with Crippen LogP contribution in [0.15, 0.2) is 5.16 Å². The number of carbonyl (C=O) groups is 1. The number of fused-ring (bicyclic) bond motifs is 1. The zero-order valence-corrected chi connectivity index (χ0v) is 10.0. The topological polar surface area (TPSA) is 51.1 Å². The Balaban J connectivity index is 1.94. The summed E-state index contributed by atoms with van der Waals surface area (Å²) >= 11 is 0. The second-order valence-electron chi connectivity index (χ2n) is 5.27. The fourth-order valence-corrected chi connectivity index (χ4v) is 1.86. The largest absolute Gasteiger partial charge is 0.444 e. The van der Waals surface area contributed by atoms with Gasteiger partial charge in [-0.3, -0.25) is 0 Å². The molecule has 0 N–H and O–H groups in total. The van der Waals surface area contributed by atoms with Crippen molar-refractivity contribution < 1.29 is 14.4 Å². The van der Waals surface area contributed by atoms with Gasteiger partial charge < -0.3 is 14.5 Å². The number of nitrogens with zero attached hydrogens (tertiary/aromatic N) is 2. The minimum atomic E-state index is -0.443. The summed E-state index contributed by atoms with van der Waals surface area (Å²) in [4.78, 5) is 18.5. The zero-order chi connectivity index (χ0) is 11.8. The number of likely N-dealkylation sites (tertiary alicyclic amines) is 1. The van der Waals surface area contributed by atoms with Crippen LogP contribution in [0.4, 0.5) is 4.79 Å². The first-order chi connectivity index (χ1) is 7.46. The third kappa shape index (κ3) is 2.46. The molecule has 0 radical (unpaired) electrons. The van der Waals surface area contributed by atoms with Gasteiger partial charge >= 0.3 is 6.09 Å². The van der Waals surface area contributed by atoms with Gasteiger partial charge in [-0.05, 0) is 27.2 Å². The van der Waals surface area contributed by atoms with Gasteiger partial charge in [0, 0.05) is 12.5 Å². The van der Waals surface area contributed by atoms with E-state index in [9.17, 15) is 4.79 Å². The average Bonchev–Trinajstić information content (AvgIpc) is 2.61. The lowest BCUT2D eigenvalue weighted by Gasteiger charge is -2.31. The highest BCUT2D eigenvalue weighted by Gasteiger charge is 2.33. The first-order valence-electron chi connectivity index (χ1n) is 5.62. The highest BCUT2D eigenvalue weighted by molar-refractivity contribution is 5.92. The fourth-order valence-electron chi connectivity index (χ4n) is 1.86. The van der Waals surface area contributed by atoms with Gasteiger partial charge in [0.05, 0.1) is 12.3 Å². The molecular weight excluding hydrogens is 208 g/mol. The predicted molar refractivity (Wildman–Crippen MR) is 59.3 cm³/mol. The molecule has 2 aliphatic heterocycles. The predicted octanol–water partition coefficient (Wildman–Crippen LogP) is 1.63. The van der Waals surface area contributed by atoms with Gasteiger partial charge in [-0.25, -0.2) is 4.79 Å². The summed E-state index contributed by atoms with van der Waals surface area (Å²) < 4.78 is 5.32. The van der Waals surface area contributed by atoms with Crippen molar-refractivity contribution in [1.82, 2.24) is 4.90 Å². The number of rotatable bonds is 0. The van der Waals surface area contributed by atoms with E-state index in [1.807, 2.05) is 20.8 Å². The Morgan fingerprint density at radius 1 is 1.56 bits per heavy atom. The molecule has 2 heterocycles. The molecule has 0 spiro atoms. The molecule has 2 rings (SSSR count). The molecule has 1 amide bonds. The third-order valence-corrected chi connectivity index (χ3v) is 2.68. The van der Waals surface area contributed by atoms with Crippen molar-refractivity contribution in [2.45, 2.75) is 32.8 Å².